The topological polar surface area (TPSA) is 15.6 Å². The molecule has 100 valence electrons. The largest absolute Gasteiger partial charge is 0.416 e. The second-order valence-corrected chi connectivity index (χ2v) is 4.25. The Hall–Kier alpha value is -1.36. The van der Waals surface area contributed by atoms with E-state index in [9.17, 15) is 13.2 Å². The average molecular weight is 258 g/mol. The van der Waals surface area contributed by atoms with Crippen LogP contribution >= 0.6 is 0 Å². The standard InChI is InChI=1S/C13H17F3N2/c1-4-12(18(2)3)17-9-10-6-5-7-11(8-10)13(14,15)16/h5-9,12H,4H2,1-3H3. The second kappa shape index (κ2) is 6.00. The fourth-order valence-electron chi connectivity index (χ4n) is 1.57. The van der Waals surface area contributed by atoms with Crippen molar-refractivity contribution < 1.29 is 13.2 Å². The van der Waals surface area contributed by atoms with Gasteiger partial charge in [-0.2, -0.15) is 13.2 Å². The molecule has 0 saturated carbocycles. The summed E-state index contributed by atoms with van der Waals surface area (Å²) in [7, 11) is 3.77. The summed E-state index contributed by atoms with van der Waals surface area (Å²) < 4.78 is 37.5. The molecule has 1 unspecified atom stereocenters. The first-order valence-electron chi connectivity index (χ1n) is 5.71. The van der Waals surface area contributed by atoms with Crippen LogP contribution in [-0.2, 0) is 6.18 Å². The van der Waals surface area contributed by atoms with Gasteiger partial charge in [0.05, 0.1) is 5.56 Å². The predicted octanol–water partition coefficient (Wildman–Crippen LogP) is 3.42. The van der Waals surface area contributed by atoms with Crippen molar-refractivity contribution in [3.8, 4) is 0 Å². The van der Waals surface area contributed by atoms with Crippen LogP contribution in [0.4, 0.5) is 13.2 Å². The number of benzene rings is 1. The Balaban J connectivity index is 2.88. The van der Waals surface area contributed by atoms with E-state index < -0.39 is 11.7 Å². The van der Waals surface area contributed by atoms with Crippen molar-refractivity contribution in [2.45, 2.75) is 25.7 Å². The third kappa shape index (κ3) is 4.14. The van der Waals surface area contributed by atoms with Crippen molar-refractivity contribution in [1.29, 1.82) is 0 Å². The molecule has 1 aromatic carbocycles. The quantitative estimate of drug-likeness (QED) is 0.755. The summed E-state index contributed by atoms with van der Waals surface area (Å²) in [6.45, 7) is 1.98. The molecule has 0 amide bonds. The van der Waals surface area contributed by atoms with Crippen LogP contribution in [0.5, 0.6) is 0 Å². The molecule has 0 aliphatic heterocycles. The zero-order chi connectivity index (χ0) is 13.8. The van der Waals surface area contributed by atoms with Gasteiger partial charge in [0, 0.05) is 6.21 Å². The van der Waals surface area contributed by atoms with E-state index in [0.717, 1.165) is 18.6 Å². The Bertz CT molecular complexity index is 411. The van der Waals surface area contributed by atoms with Gasteiger partial charge in [-0.3, -0.25) is 9.89 Å². The minimum atomic E-state index is -4.31. The number of alkyl halides is 3. The van der Waals surface area contributed by atoms with Gasteiger partial charge in [-0.05, 0) is 38.2 Å². The zero-order valence-electron chi connectivity index (χ0n) is 10.7. The van der Waals surface area contributed by atoms with E-state index in [4.69, 9.17) is 0 Å². The summed E-state index contributed by atoms with van der Waals surface area (Å²) in [5.41, 5.74) is -0.186. The predicted molar refractivity (Wildman–Crippen MR) is 66.8 cm³/mol. The highest BCUT2D eigenvalue weighted by Gasteiger charge is 2.30. The van der Waals surface area contributed by atoms with Gasteiger partial charge in [0.2, 0.25) is 0 Å². The third-order valence-electron chi connectivity index (χ3n) is 2.57. The van der Waals surface area contributed by atoms with Crippen LogP contribution in [0.15, 0.2) is 29.3 Å². The molecule has 1 aromatic rings. The average Bonchev–Trinajstić information content (AvgIpc) is 2.28. The van der Waals surface area contributed by atoms with Gasteiger partial charge < -0.3 is 0 Å². The molecule has 1 rings (SSSR count). The number of halogens is 3. The molecule has 0 heterocycles. The van der Waals surface area contributed by atoms with E-state index in [2.05, 4.69) is 4.99 Å². The van der Waals surface area contributed by atoms with E-state index in [1.165, 1.54) is 12.3 Å². The van der Waals surface area contributed by atoms with E-state index >= 15 is 0 Å². The number of rotatable bonds is 4. The summed E-state index contributed by atoms with van der Waals surface area (Å²) in [4.78, 5) is 6.19. The maximum atomic E-state index is 12.5. The van der Waals surface area contributed by atoms with E-state index in [1.54, 1.807) is 6.07 Å². The van der Waals surface area contributed by atoms with Crippen LogP contribution < -0.4 is 0 Å². The van der Waals surface area contributed by atoms with Gasteiger partial charge in [-0.25, -0.2) is 0 Å². The SMILES string of the molecule is CCC(N=Cc1cccc(C(F)(F)F)c1)N(C)C. The molecule has 0 bridgehead atoms. The zero-order valence-corrected chi connectivity index (χ0v) is 10.7. The Morgan fingerprint density at radius 2 is 2.00 bits per heavy atom. The van der Waals surface area contributed by atoms with Crippen LogP contribution in [0, 0.1) is 0 Å². The van der Waals surface area contributed by atoms with Crippen LogP contribution in [-0.4, -0.2) is 31.4 Å². The lowest BCUT2D eigenvalue weighted by atomic mass is 10.1. The van der Waals surface area contributed by atoms with Gasteiger partial charge in [0.1, 0.15) is 6.17 Å². The fraction of sp³-hybridized carbons (Fsp3) is 0.462. The van der Waals surface area contributed by atoms with Crippen LogP contribution in [0.1, 0.15) is 24.5 Å². The van der Waals surface area contributed by atoms with E-state index in [-0.39, 0.29) is 6.17 Å². The first-order valence-corrected chi connectivity index (χ1v) is 5.71. The Morgan fingerprint density at radius 1 is 1.33 bits per heavy atom. The molecule has 5 heteroatoms. The highest BCUT2D eigenvalue weighted by Crippen LogP contribution is 2.29. The van der Waals surface area contributed by atoms with E-state index in [1.807, 2.05) is 25.9 Å². The maximum absolute atomic E-state index is 12.5. The van der Waals surface area contributed by atoms with Crippen LogP contribution in [0.25, 0.3) is 0 Å². The summed E-state index contributed by atoms with van der Waals surface area (Å²) in [6, 6.07) is 5.16. The summed E-state index contributed by atoms with van der Waals surface area (Å²) >= 11 is 0. The first-order chi connectivity index (χ1) is 8.34. The lowest BCUT2D eigenvalue weighted by molar-refractivity contribution is -0.137. The van der Waals surface area contributed by atoms with Gasteiger partial charge >= 0.3 is 6.18 Å². The molecule has 0 radical (unpaired) electrons. The lowest BCUT2D eigenvalue weighted by Gasteiger charge is -2.18. The Morgan fingerprint density at radius 3 is 2.50 bits per heavy atom. The highest BCUT2D eigenvalue weighted by molar-refractivity contribution is 5.80. The van der Waals surface area contributed by atoms with Crippen molar-refractivity contribution >= 4 is 6.21 Å². The minimum absolute atomic E-state index is 0.0143. The lowest BCUT2D eigenvalue weighted by Crippen LogP contribution is -2.25. The monoisotopic (exact) mass is 258 g/mol. The van der Waals surface area contributed by atoms with Crippen LogP contribution in [0.2, 0.25) is 0 Å². The summed E-state index contributed by atoms with van der Waals surface area (Å²) in [5.74, 6) is 0. The first kappa shape index (κ1) is 14.7. The molecule has 2 nitrogen and oxygen atoms in total. The molecule has 0 aliphatic carbocycles. The van der Waals surface area contributed by atoms with Crippen molar-refractivity contribution in [2.24, 2.45) is 4.99 Å². The molecular formula is C13H17F3N2. The van der Waals surface area contributed by atoms with Gasteiger partial charge in [0.25, 0.3) is 0 Å². The van der Waals surface area contributed by atoms with Crippen molar-refractivity contribution in [1.82, 2.24) is 4.90 Å². The molecule has 0 aliphatic rings. The highest BCUT2D eigenvalue weighted by atomic mass is 19.4. The maximum Gasteiger partial charge on any atom is 0.416 e. The van der Waals surface area contributed by atoms with Crippen LogP contribution in [0.3, 0.4) is 0 Å². The Labute approximate surface area is 105 Å². The van der Waals surface area contributed by atoms with Gasteiger partial charge in [0.15, 0.2) is 0 Å². The summed E-state index contributed by atoms with van der Waals surface area (Å²) in [5, 5.41) is 0. The second-order valence-electron chi connectivity index (χ2n) is 4.25. The smallest absolute Gasteiger partial charge is 0.288 e. The van der Waals surface area contributed by atoms with Crippen molar-refractivity contribution in [3.63, 3.8) is 0 Å². The molecule has 0 spiro atoms. The van der Waals surface area contributed by atoms with Crippen molar-refractivity contribution in [3.05, 3.63) is 35.4 Å². The third-order valence-corrected chi connectivity index (χ3v) is 2.57. The summed E-state index contributed by atoms with van der Waals surface area (Å²) in [6.07, 6.45) is -2.03. The number of aliphatic imine (C=N–C) groups is 1. The van der Waals surface area contributed by atoms with Crippen molar-refractivity contribution in [2.75, 3.05) is 14.1 Å². The number of hydrogen-bond acceptors (Lipinski definition) is 2. The normalized spacial score (nSPS) is 14.4. The van der Waals surface area contributed by atoms with Gasteiger partial charge in [-0.15, -0.1) is 0 Å². The molecule has 0 aromatic heterocycles. The Kier molecular flexibility index (Phi) is 4.90. The number of nitrogens with zero attached hydrogens (tertiary/aromatic N) is 2. The fourth-order valence-corrected chi connectivity index (χ4v) is 1.57. The van der Waals surface area contributed by atoms with Gasteiger partial charge in [-0.1, -0.05) is 19.1 Å². The van der Waals surface area contributed by atoms with E-state index in [0.29, 0.717) is 5.56 Å². The number of hydrogen-bond donors (Lipinski definition) is 0. The molecule has 1 atom stereocenters. The molecule has 0 N–H and O–H groups in total. The molecule has 18 heavy (non-hydrogen) atoms. The molecule has 0 fully saturated rings. The molecule has 0 saturated heterocycles. The molecular weight excluding hydrogens is 241 g/mol. The minimum Gasteiger partial charge on any atom is -0.288 e.